The molecular formula is C71H126O6. The second kappa shape index (κ2) is 65.4. The van der Waals surface area contributed by atoms with E-state index in [4.69, 9.17) is 14.2 Å². The van der Waals surface area contributed by atoms with Gasteiger partial charge < -0.3 is 14.2 Å². The molecule has 0 radical (unpaired) electrons. The number of hydrogen-bond donors (Lipinski definition) is 0. The molecule has 0 saturated carbocycles. The van der Waals surface area contributed by atoms with Crippen molar-refractivity contribution in [3.8, 4) is 0 Å². The van der Waals surface area contributed by atoms with Crippen molar-refractivity contribution in [1.29, 1.82) is 0 Å². The van der Waals surface area contributed by atoms with E-state index in [1.807, 2.05) is 0 Å². The second-order valence-corrected chi connectivity index (χ2v) is 22.4. The number of allylic oxidation sites excluding steroid dienone is 12. The maximum Gasteiger partial charge on any atom is 0.306 e. The summed E-state index contributed by atoms with van der Waals surface area (Å²) < 4.78 is 16.9. The Labute approximate surface area is 478 Å². The molecule has 0 N–H and O–H groups in total. The molecule has 446 valence electrons. The lowest BCUT2D eigenvalue weighted by Gasteiger charge is -2.18. The van der Waals surface area contributed by atoms with Crippen molar-refractivity contribution >= 4 is 17.9 Å². The maximum atomic E-state index is 12.9. The van der Waals surface area contributed by atoms with Gasteiger partial charge in [0.05, 0.1) is 0 Å². The molecule has 0 aliphatic carbocycles. The van der Waals surface area contributed by atoms with E-state index in [-0.39, 0.29) is 31.1 Å². The minimum Gasteiger partial charge on any atom is -0.462 e. The van der Waals surface area contributed by atoms with Gasteiger partial charge in [-0.05, 0) is 89.9 Å². The lowest BCUT2D eigenvalue weighted by molar-refractivity contribution is -0.167. The van der Waals surface area contributed by atoms with E-state index in [2.05, 4.69) is 93.7 Å². The van der Waals surface area contributed by atoms with Crippen LogP contribution in [0.1, 0.15) is 342 Å². The lowest BCUT2D eigenvalue weighted by Crippen LogP contribution is -2.30. The Morgan fingerprint density at radius 1 is 0.273 bits per heavy atom. The zero-order valence-electron chi connectivity index (χ0n) is 51.2. The molecule has 0 bridgehead atoms. The van der Waals surface area contributed by atoms with Crippen molar-refractivity contribution < 1.29 is 28.6 Å². The van der Waals surface area contributed by atoms with Crippen LogP contribution < -0.4 is 0 Å². The third kappa shape index (κ3) is 63.6. The minimum atomic E-state index is -0.789. The molecule has 1 atom stereocenters. The van der Waals surface area contributed by atoms with Crippen molar-refractivity contribution in [1.82, 2.24) is 0 Å². The quantitative estimate of drug-likeness (QED) is 0.0261. The maximum absolute atomic E-state index is 12.9. The van der Waals surface area contributed by atoms with Crippen molar-refractivity contribution in [3.63, 3.8) is 0 Å². The first-order valence-electron chi connectivity index (χ1n) is 33.4. The molecule has 0 aromatic carbocycles. The van der Waals surface area contributed by atoms with Crippen LogP contribution in [0, 0.1) is 0 Å². The van der Waals surface area contributed by atoms with E-state index in [1.54, 1.807) is 0 Å². The van der Waals surface area contributed by atoms with E-state index >= 15 is 0 Å². The summed E-state index contributed by atoms with van der Waals surface area (Å²) in [6.45, 7) is 6.54. The first-order valence-corrected chi connectivity index (χ1v) is 33.4. The molecule has 1 unspecified atom stereocenters. The van der Waals surface area contributed by atoms with E-state index in [0.29, 0.717) is 19.3 Å². The Hall–Kier alpha value is -3.15. The van der Waals surface area contributed by atoms with Crippen LogP contribution in [-0.4, -0.2) is 37.2 Å². The van der Waals surface area contributed by atoms with Gasteiger partial charge in [-0.2, -0.15) is 0 Å². The highest BCUT2D eigenvalue weighted by Gasteiger charge is 2.19. The molecular weight excluding hydrogens is 949 g/mol. The van der Waals surface area contributed by atoms with Crippen molar-refractivity contribution in [2.24, 2.45) is 0 Å². The summed E-state index contributed by atoms with van der Waals surface area (Å²) in [6, 6.07) is 0. The van der Waals surface area contributed by atoms with Gasteiger partial charge in [-0.1, -0.05) is 306 Å². The molecule has 6 nitrogen and oxygen atoms in total. The highest BCUT2D eigenvalue weighted by Crippen LogP contribution is 2.18. The first kappa shape index (κ1) is 73.8. The van der Waals surface area contributed by atoms with E-state index in [1.165, 1.54) is 186 Å². The SMILES string of the molecule is CC/C=C\C/C=C\C/C=C\C/C=C\C/C=C\CCCCCCCC(=O)OC(COC(=O)CCCCCCC/C=C\CCCCCC)COC(=O)CCCCCCCCCCCCCCCCCCCCCCCCCCC. The Balaban J connectivity index is 4.30. The number of carbonyl (C=O) groups excluding carboxylic acids is 3. The summed E-state index contributed by atoms with van der Waals surface area (Å²) in [5.41, 5.74) is 0. The Morgan fingerprint density at radius 2 is 0.506 bits per heavy atom. The molecule has 0 amide bonds. The Bertz CT molecular complexity index is 1420. The number of hydrogen-bond acceptors (Lipinski definition) is 6. The fourth-order valence-corrected chi connectivity index (χ4v) is 9.70. The lowest BCUT2D eigenvalue weighted by atomic mass is 10.0. The molecule has 6 heteroatoms. The Morgan fingerprint density at radius 3 is 0.818 bits per heavy atom. The van der Waals surface area contributed by atoms with Crippen LogP contribution in [0.3, 0.4) is 0 Å². The summed E-state index contributed by atoms with van der Waals surface area (Å²) in [5.74, 6) is -0.894. The van der Waals surface area contributed by atoms with E-state index < -0.39 is 6.10 Å². The van der Waals surface area contributed by atoms with Gasteiger partial charge in [-0.3, -0.25) is 14.4 Å². The van der Waals surface area contributed by atoms with Gasteiger partial charge in [0.2, 0.25) is 0 Å². The van der Waals surface area contributed by atoms with Crippen LogP contribution in [0.5, 0.6) is 0 Å². The average Bonchev–Trinajstić information content (AvgIpc) is 3.43. The average molecular weight is 1080 g/mol. The van der Waals surface area contributed by atoms with Gasteiger partial charge in [0, 0.05) is 19.3 Å². The van der Waals surface area contributed by atoms with Crippen LogP contribution in [0.2, 0.25) is 0 Å². The second-order valence-electron chi connectivity index (χ2n) is 22.4. The molecule has 77 heavy (non-hydrogen) atoms. The van der Waals surface area contributed by atoms with Gasteiger partial charge in [-0.15, -0.1) is 0 Å². The number of unbranched alkanes of at least 4 members (excludes halogenated alkanes) is 38. The third-order valence-corrected chi connectivity index (χ3v) is 14.7. The van der Waals surface area contributed by atoms with Gasteiger partial charge in [0.15, 0.2) is 6.10 Å². The van der Waals surface area contributed by atoms with Crippen LogP contribution in [0.4, 0.5) is 0 Å². The van der Waals surface area contributed by atoms with Gasteiger partial charge >= 0.3 is 17.9 Å². The topological polar surface area (TPSA) is 78.9 Å². The van der Waals surface area contributed by atoms with Crippen molar-refractivity contribution in [3.05, 3.63) is 72.9 Å². The zero-order chi connectivity index (χ0) is 55.7. The largest absolute Gasteiger partial charge is 0.462 e. The monoisotopic (exact) mass is 1070 g/mol. The summed E-state index contributed by atoms with van der Waals surface area (Å²) in [5, 5.41) is 0. The van der Waals surface area contributed by atoms with Crippen LogP contribution in [-0.2, 0) is 28.6 Å². The molecule has 0 aromatic rings. The third-order valence-electron chi connectivity index (χ3n) is 14.7. The van der Waals surface area contributed by atoms with Crippen molar-refractivity contribution in [2.45, 2.75) is 348 Å². The molecule has 0 saturated heterocycles. The summed E-state index contributed by atoms with van der Waals surface area (Å²) >= 11 is 0. The van der Waals surface area contributed by atoms with Gasteiger partial charge in [0.1, 0.15) is 13.2 Å². The fourth-order valence-electron chi connectivity index (χ4n) is 9.70. The first-order chi connectivity index (χ1) is 38.0. The summed E-state index contributed by atoms with van der Waals surface area (Å²) in [6.07, 6.45) is 84.9. The molecule has 0 aliphatic heterocycles. The predicted molar refractivity (Wildman–Crippen MR) is 335 cm³/mol. The molecule has 0 aromatic heterocycles. The summed E-state index contributed by atoms with van der Waals surface area (Å²) in [7, 11) is 0. The van der Waals surface area contributed by atoms with Gasteiger partial charge in [0.25, 0.3) is 0 Å². The normalized spacial score (nSPS) is 12.5. The Kier molecular flexibility index (Phi) is 62.7. The standard InChI is InChI=1S/C71H126O6/c1-4-7-10-13-16-19-22-25-27-29-31-33-34-35-36-38-39-41-43-46-49-52-55-58-61-64-70(73)76-67-68(66-75-69(72)63-60-57-54-51-48-45-24-21-18-15-12-9-6-3)77-71(74)65-62-59-56-53-50-47-44-42-40-37-32-30-28-26-23-20-17-14-11-8-5-2/h8,11,17,20-21,24,26,28,32,37,42,44,68H,4-7,9-10,12-16,18-19,22-23,25,27,29-31,33-36,38-41,43,45-67H2,1-3H3/b11-8-,20-17-,24-21-,28-26-,37-32-,44-42-. The minimum absolute atomic E-state index is 0.0831. The smallest absolute Gasteiger partial charge is 0.306 e. The van der Waals surface area contributed by atoms with Crippen LogP contribution in [0.15, 0.2) is 72.9 Å². The molecule has 0 spiro atoms. The van der Waals surface area contributed by atoms with Gasteiger partial charge in [-0.25, -0.2) is 0 Å². The predicted octanol–water partition coefficient (Wildman–Crippen LogP) is 22.9. The highest BCUT2D eigenvalue weighted by atomic mass is 16.6. The highest BCUT2D eigenvalue weighted by molar-refractivity contribution is 5.71. The van der Waals surface area contributed by atoms with Crippen LogP contribution in [0.25, 0.3) is 0 Å². The number of rotatable bonds is 61. The summed E-state index contributed by atoms with van der Waals surface area (Å²) in [4.78, 5) is 38.3. The molecule has 0 fully saturated rings. The molecule has 0 rings (SSSR count). The van der Waals surface area contributed by atoms with E-state index in [9.17, 15) is 14.4 Å². The number of carbonyl (C=O) groups is 3. The zero-order valence-corrected chi connectivity index (χ0v) is 51.2. The number of ether oxygens (including phenoxy) is 3. The number of esters is 3. The van der Waals surface area contributed by atoms with Crippen LogP contribution >= 0.6 is 0 Å². The fraction of sp³-hybridized carbons (Fsp3) is 0.789. The van der Waals surface area contributed by atoms with E-state index in [0.717, 1.165) is 116 Å². The molecule has 0 heterocycles. The molecule has 0 aliphatic rings. The van der Waals surface area contributed by atoms with Crippen molar-refractivity contribution in [2.75, 3.05) is 13.2 Å².